The lowest BCUT2D eigenvalue weighted by molar-refractivity contribution is 0.102. The highest BCUT2D eigenvalue weighted by atomic mass is 127. The van der Waals surface area contributed by atoms with Gasteiger partial charge in [-0.2, -0.15) is 0 Å². The van der Waals surface area contributed by atoms with Gasteiger partial charge in [-0.3, -0.25) is 4.79 Å². The SMILES string of the molecule is Cc1cc(C)c2oc(-c3cccc(NC(=O)c4cc(I)ccc4I)c3C)nc2c1. The van der Waals surface area contributed by atoms with E-state index >= 15 is 0 Å². The molecule has 4 aromatic rings. The third-order valence-electron chi connectivity index (χ3n) is 4.81. The summed E-state index contributed by atoms with van der Waals surface area (Å²) in [5.74, 6) is 0.434. The van der Waals surface area contributed by atoms with Crippen molar-refractivity contribution in [3.63, 3.8) is 0 Å². The van der Waals surface area contributed by atoms with E-state index in [1.54, 1.807) is 0 Å². The second-order valence-electron chi connectivity index (χ2n) is 7.01. The van der Waals surface area contributed by atoms with Gasteiger partial charge in [-0.25, -0.2) is 4.98 Å². The number of benzene rings is 3. The minimum atomic E-state index is -0.128. The van der Waals surface area contributed by atoms with Gasteiger partial charge in [0.05, 0.1) is 5.56 Å². The van der Waals surface area contributed by atoms with E-state index in [1.165, 1.54) is 0 Å². The summed E-state index contributed by atoms with van der Waals surface area (Å²) in [6.07, 6.45) is 0. The van der Waals surface area contributed by atoms with Crippen molar-refractivity contribution < 1.29 is 9.21 Å². The fourth-order valence-electron chi connectivity index (χ4n) is 3.36. The number of oxazole rings is 1. The summed E-state index contributed by atoms with van der Waals surface area (Å²) in [7, 11) is 0. The maximum Gasteiger partial charge on any atom is 0.256 e. The average Bonchev–Trinajstić information content (AvgIpc) is 3.09. The van der Waals surface area contributed by atoms with Crippen molar-refractivity contribution in [1.29, 1.82) is 0 Å². The van der Waals surface area contributed by atoms with Gasteiger partial charge >= 0.3 is 0 Å². The molecule has 0 saturated heterocycles. The Morgan fingerprint density at radius 3 is 2.62 bits per heavy atom. The molecule has 3 aromatic carbocycles. The summed E-state index contributed by atoms with van der Waals surface area (Å²) in [5, 5.41) is 3.04. The first kappa shape index (κ1) is 20.3. The molecule has 4 nitrogen and oxygen atoms in total. The van der Waals surface area contributed by atoms with Gasteiger partial charge in [-0.1, -0.05) is 12.1 Å². The Labute approximate surface area is 196 Å². The van der Waals surface area contributed by atoms with Crippen LogP contribution in [0.4, 0.5) is 5.69 Å². The van der Waals surface area contributed by atoms with Crippen LogP contribution in [0.3, 0.4) is 0 Å². The molecular weight excluding hydrogens is 590 g/mol. The molecule has 0 aliphatic rings. The standard InChI is InChI=1S/C23H18I2N2O2/c1-12-9-13(2)21-20(10-12)27-23(29-21)16-5-4-6-19(14(16)3)26-22(28)17-11-15(24)7-8-18(17)25/h4-11H,1-3H3,(H,26,28). The highest BCUT2D eigenvalue weighted by Gasteiger charge is 2.17. The number of hydrogen-bond acceptors (Lipinski definition) is 3. The summed E-state index contributed by atoms with van der Waals surface area (Å²) in [6, 6.07) is 15.7. The molecule has 0 unspecified atom stereocenters. The van der Waals surface area contributed by atoms with Crippen molar-refractivity contribution >= 4 is 67.9 Å². The quantitative estimate of drug-likeness (QED) is 0.258. The smallest absolute Gasteiger partial charge is 0.256 e. The summed E-state index contributed by atoms with van der Waals surface area (Å²) in [5.41, 5.74) is 7.06. The molecule has 0 radical (unpaired) electrons. The van der Waals surface area contributed by atoms with Gasteiger partial charge in [-0.05, 0) is 119 Å². The van der Waals surface area contributed by atoms with E-state index in [9.17, 15) is 4.79 Å². The predicted molar refractivity (Wildman–Crippen MR) is 133 cm³/mol. The summed E-state index contributed by atoms with van der Waals surface area (Å²) >= 11 is 4.40. The largest absolute Gasteiger partial charge is 0.436 e. The molecule has 0 aliphatic heterocycles. The number of carbonyl (C=O) groups excluding carboxylic acids is 1. The Balaban J connectivity index is 1.72. The molecule has 1 N–H and O–H groups in total. The van der Waals surface area contributed by atoms with Crippen LogP contribution in [0.1, 0.15) is 27.0 Å². The molecule has 0 aliphatic carbocycles. The Hall–Kier alpha value is -1.94. The van der Waals surface area contributed by atoms with Crippen LogP contribution in [0.15, 0.2) is 52.9 Å². The molecular formula is C23H18I2N2O2. The normalized spacial score (nSPS) is 11.1. The number of amides is 1. The predicted octanol–water partition coefficient (Wildman–Crippen LogP) is 6.88. The Kier molecular flexibility index (Phi) is 5.65. The van der Waals surface area contributed by atoms with Crippen LogP contribution in [0.2, 0.25) is 0 Å². The molecule has 0 saturated carbocycles. The number of rotatable bonds is 3. The fraction of sp³-hybridized carbons (Fsp3) is 0.130. The van der Waals surface area contributed by atoms with E-state index in [2.05, 4.69) is 61.5 Å². The molecule has 0 fully saturated rings. The van der Waals surface area contributed by atoms with Crippen LogP contribution in [0.25, 0.3) is 22.6 Å². The lowest BCUT2D eigenvalue weighted by Gasteiger charge is -2.12. The van der Waals surface area contributed by atoms with Crippen LogP contribution in [0.5, 0.6) is 0 Å². The minimum absolute atomic E-state index is 0.128. The number of nitrogens with zero attached hydrogens (tertiary/aromatic N) is 1. The zero-order valence-corrected chi connectivity index (χ0v) is 20.5. The molecule has 1 amide bonds. The summed E-state index contributed by atoms with van der Waals surface area (Å²) in [4.78, 5) is 17.5. The zero-order valence-electron chi connectivity index (χ0n) is 16.1. The number of halogens is 2. The third kappa shape index (κ3) is 4.05. The van der Waals surface area contributed by atoms with E-state index in [-0.39, 0.29) is 5.91 Å². The Bertz CT molecular complexity index is 1260. The number of aryl methyl sites for hydroxylation is 2. The lowest BCUT2D eigenvalue weighted by atomic mass is 10.1. The second kappa shape index (κ2) is 8.06. The van der Waals surface area contributed by atoms with Crippen molar-refractivity contribution in [2.75, 3.05) is 5.32 Å². The molecule has 0 spiro atoms. The number of fused-ring (bicyclic) bond motifs is 1. The monoisotopic (exact) mass is 608 g/mol. The Morgan fingerprint density at radius 1 is 1.03 bits per heavy atom. The van der Waals surface area contributed by atoms with Crippen molar-refractivity contribution in [3.05, 3.63) is 77.9 Å². The van der Waals surface area contributed by atoms with Crippen LogP contribution >= 0.6 is 45.2 Å². The molecule has 1 heterocycles. The zero-order chi connectivity index (χ0) is 20.7. The maximum atomic E-state index is 12.9. The van der Waals surface area contributed by atoms with Gasteiger partial charge in [0, 0.05) is 18.4 Å². The fourth-order valence-corrected chi connectivity index (χ4v) is 4.43. The Morgan fingerprint density at radius 2 is 1.83 bits per heavy atom. The first-order valence-electron chi connectivity index (χ1n) is 9.07. The molecule has 1 aromatic heterocycles. The van der Waals surface area contributed by atoms with Crippen molar-refractivity contribution in [1.82, 2.24) is 4.98 Å². The number of nitrogens with one attached hydrogen (secondary N) is 1. The van der Waals surface area contributed by atoms with Gasteiger partial charge in [0.25, 0.3) is 5.91 Å². The molecule has 0 bridgehead atoms. The summed E-state index contributed by atoms with van der Waals surface area (Å²) < 4.78 is 8.01. The van der Waals surface area contributed by atoms with E-state index in [1.807, 2.05) is 63.2 Å². The number of anilines is 1. The van der Waals surface area contributed by atoms with Crippen LogP contribution in [-0.4, -0.2) is 10.9 Å². The molecule has 4 rings (SSSR count). The molecule has 146 valence electrons. The molecule has 6 heteroatoms. The van der Waals surface area contributed by atoms with Gasteiger partial charge in [0.15, 0.2) is 5.58 Å². The molecule has 0 atom stereocenters. The van der Waals surface area contributed by atoms with Crippen LogP contribution in [0, 0.1) is 27.9 Å². The van der Waals surface area contributed by atoms with Crippen molar-refractivity contribution in [2.45, 2.75) is 20.8 Å². The third-order valence-corrected chi connectivity index (χ3v) is 6.42. The van der Waals surface area contributed by atoms with Gasteiger partial charge < -0.3 is 9.73 Å². The minimum Gasteiger partial charge on any atom is -0.436 e. The van der Waals surface area contributed by atoms with Crippen LogP contribution < -0.4 is 5.32 Å². The highest BCUT2D eigenvalue weighted by Crippen LogP contribution is 2.32. The maximum absolute atomic E-state index is 12.9. The van der Waals surface area contributed by atoms with E-state index in [0.717, 1.165) is 46.2 Å². The first-order chi connectivity index (χ1) is 13.8. The lowest BCUT2D eigenvalue weighted by Crippen LogP contribution is -2.14. The highest BCUT2D eigenvalue weighted by molar-refractivity contribution is 14.1. The van der Waals surface area contributed by atoms with Gasteiger partial charge in [-0.15, -0.1) is 0 Å². The van der Waals surface area contributed by atoms with E-state index in [0.29, 0.717) is 11.5 Å². The number of aromatic nitrogens is 1. The summed E-state index contributed by atoms with van der Waals surface area (Å²) in [6.45, 7) is 6.04. The topological polar surface area (TPSA) is 55.1 Å². The van der Waals surface area contributed by atoms with Gasteiger partial charge in [0.2, 0.25) is 5.89 Å². The van der Waals surface area contributed by atoms with E-state index in [4.69, 9.17) is 4.42 Å². The van der Waals surface area contributed by atoms with Crippen molar-refractivity contribution in [2.24, 2.45) is 0 Å². The number of carbonyl (C=O) groups is 1. The molecule has 29 heavy (non-hydrogen) atoms. The van der Waals surface area contributed by atoms with E-state index < -0.39 is 0 Å². The second-order valence-corrected chi connectivity index (χ2v) is 9.41. The average molecular weight is 608 g/mol. The first-order valence-corrected chi connectivity index (χ1v) is 11.2. The van der Waals surface area contributed by atoms with Crippen LogP contribution in [-0.2, 0) is 0 Å². The van der Waals surface area contributed by atoms with Gasteiger partial charge in [0.1, 0.15) is 5.52 Å². The van der Waals surface area contributed by atoms with Crippen molar-refractivity contribution in [3.8, 4) is 11.5 Å². The number of hydrogen-bond donors (Lipinski definition) is 1.